The predicted octanol–water partition coefficient (Wildman–Crippen LogP) is 5.96. The number of carbonyl (C=O) groups is 2. The number of pyridine rings is 1. The number of aromatic nitrogens is 1. The molecule has 3 aromatic rings. The molecule has 0 radical (unpaired) electrons. The minimum absolute atomic E-state index is 0.0769. The van der Waals surface area contributed by atoms with Crippen LogP contribution in [0.2, 0.25) is 0 Å². The van der Waals surface area contributed by atoms with E-state index in [-0.39, 0.29) is 23.8 Å². The molecule has 1 aliphatic rings. The SMILES string of the molecule is COc1ccc(/C(O)=C2/C(=O)C(=O)N(Cc3ccccn3)C2c2ccc(C(C)C)cc2)cc1C(C)C. The fraction of sp³-hybridized carbons (Fsp3) is 0.300. The highest BCUT2D eigenvalue weighted by Gasteiger charge is 2.46. The van der Waals surface area contributed by atoms with Crippen LogP contribution in [0.1, 0.15) is 73.5 Å². The molecule has 1 aliphatic heterocycles. The van der Waals surface area contributed by atoms with Crippen LogP contribution in [0.3, 0.4) is 0 Å². The van der Waals surface area contributed by atoms with Crippen molar-refractivity contribution in [2.45, 2.75) is 52.1 Å². The van der Waals surface area contributed by atoms with E-state index < -0.39 is 17.7 Å². The molecule has 0 bridgehead atoms. The molecule has 2 aromatic carbocycles. The van der Waals surface area contributed by atoms with Crippen molar-refractivity contribution >= 4 is 17.4 Å². The summed E-state index contributed by atoms with van der Waals surface area (Å²) in [5.41, 5.74) is 4.02. The van der Waals surface area contributed by atoms with E-state index >= 15 is 0 Å². The first-order chi connectivity index (χ1) is 17.2. The molecule has 1 N–H and O–H groups in total. The zero-order valence-corrected chi connectivity index (χ0v) is 21.4. The Morgan fingerprint density at radius 3 is 2.31 bits per heavy atom. The number of aliphatic hydroxyl groups is 1. The maximum absolute atomic E-state index is 13.4. The first-order valence-electron chi connectivity index (χ1n) is 12.2. The predicted molar refractivity (Wildman–Crippen MR) is 140 cm³/mol. The number of ketones is 1. The maximum Gasteiger partial charge on any atom is 0.296 e. The normalized spacial score (nSPS) is 17.3. The fourth-order valence-corrected chi connectivity index (χ4v) is 4.61. The second-order valence-electron chi connectivity index (χ2n) is 9.68. The molecule has 0 saturated carbocycles. The van der Waals surface area contributed by atoms with Crippen LogP contribution >= 0.6 is 0 Å². The molecular formula is C30H32N2O4. The molecule has 4 rings (SSSR count). The number of hydrogen-bond donors (Lipinski definition) is 1. The summed E-state index contributed by atoms with van der Waals surface area (Å²) in [5, 5.41) is 11.5. The summed E-state index contributed by atoms with van der Waals surface area (Å²) in [6, 6.07) is 17.9. The van der Waals surface area contributed by atoms with Crippen LogP contribution in [0.25, 0.3) is 5.76 Å². The Labute approximate surface area is 212 Å². The molecule has 6 nitrogen and oxygen atoms in total. The van der Waals surface area contributed by atoms with E-state index in [1.54, 1.807) is 31.5 Å². The highest BCUT2D eigenvalue weighted by Crippen LogP contribution is 2.41. The van der Waals surface area contributed by atoms with Crippen molar-refractivity contribution in [3.8, 4) is 5.75 Å². The van der Waals surface area contributed by atoms with Gasteiger partial charge in [-0.05, 0) is 58.9 Å². The highest BCUT2D eigenvalue weighted by atomic mass is 16.5. The molecular weight excluding hydrogens is 452 g/mol. The topological polar surface area (TPSA) is 79.7 Å². The van der Waals surface area contributed by atoms with Crippen LogP contribution < -0.4 is 4.74 Å². The number of aliphatic hydroxyl groups excluding tert-OH is 1. The molecule has 0 aliphatic carbocycles. The van der Waals surface area contributed by atoms with Gasteiger partial charge in [0.05, 0.1) is 31.0 Å². The monoisotopic (exact) mass is 484 g/mol. The number of likely N-dealkylation sites (tertiary alicyclic amines) is 1. The van der Waals surface area contributed by atoms with Crippen molar-refractivity contribution in [2.75, 3.05) is 7.11 Å². The van der Waals surface area contributed by atoms with Gasteiger partial charge in [-0.1, -0.05) is 58.0 Å². The zero-order chi connectivity index (χ0) is 26.0. The van der Waals surface area contributed by atoms with E-state index in [0.29, 0.717) is 22.9 Å². The van der Waals surface area contributed by atoms with Crippen LogP contribution in [-0.4, -0.2) is 33.8 Å². The third-order valence-electron chi connectivity index (χ3n) is 6.64. The third kappa shape index (κ3) is 4.76. The Morgan fingerprint density at radius 2 is 1.72 bits per heavy atom. The Hall–Kier alpha value is -3.93. The van der Waals surface area contributed by atoms with E-state index in [4.69, 9.17) is 4.74 Å². The fourth-order valence-electron chi connectivity index (χ4n) is 4.61. The first-order valence-corrected chi connectivity index (χ1v) is 12.2. The number of benzene rings is 2. The number of rotatable bonds is 7. The molecule has 1 atom stereocenters. The van der Waals surface area contributed by atoms with E-state index in [1.807, 2.05) is 56.3 Å². The smallest absolute Gasteiger partial charge is 0.296 e. The third-order valence-corrected chi connectivity index (χ3v) is 6.64. The van der Waals surface area contributed by atoms with Gasteiger partial charge in [-0.3, -0.25) is 14.6 Å². The van der Waals surface area contributed by atoms with Gasteiger partial charge >= 0.3 is 0 Å². The molecule has 0 spiro atoms. The number of carbonyl (C=O) groups excluding carboxylic acids is 2. The van der Waals surface area contributed by atoms with E-state index in [1.165, 1.54) is 4.90 Å². The molecule has 1 fully saturated rings. The minimum atomic E-state index is -0.738. The Bertz CT molecular complexity index is 1290. The van der Waals surface area contributed by atoms with Gasteiger partial charge in [0.15, 0.2) is 0 Å². The number of amides is 1. The van der Waals surface area contributed by atoms with Gasteiger partial charge in [-0.25, -0.2) is 0 Å². The van der Waals surface area contributed by atoms with E-state index in [2.05, 4.69) is 18.8 Å². The lowest BCUT2D eigenvalue weighted by molar-refractivity contribution is -0.140. The van der Waals surface area contributed by atoms with Gasteiger partial charge in [0, 0.05) is 11.8 Å². The summed E-state index contributed by atoms with van der Waals surface area (Å²) in [6.07, 6.45) is 1.66. The van der Waals surface area contributed by atoms with Crippen LogP contribution in [0.15, 0.2) is 72.4 Å². The average Bonchev–Trinajstić information content (AvgIpc) is 3.13. The molecule has 36 heavy (non-hydrogen) atoms. The van der Waals surface area contributed by atoms with Crippen LogP contribution in [-0.2, 0) is 16.1 Å². The second kappa shape index (κ2) is 10.4. The lowest BCUT2D eigenvalue weighted by Crippen LogP contribution is -2.29. The maximum atomic E-state index is 13.4. The van der Waals surface area contributed by atoms with Crippen molar-refractivity contribution < 1.29 is 19.4 Å². The first kappa shape index (κ1) is 25.2. The number of methoxy groups -OCH3 is 1. The van der Waals surface area contributed by atoms with Gasteiger partial charge < -0.3 is 14.7 Å². The van der Waals surface area contributed by atoms with Crippen LogP contribution in [0.4, 0.5) is 0 Å². The zero-order valence-electron chi connectivity index (χ0n) is 21.4. The Kier molecular flexibility index (Phi) is 7.25. The quantitative estimate of drug-likeness (QED) is 0.254. The number of Topliss-reactive ketones (excluding diaryl/α,β-unsaturated/α-hetero) is 1. The summed E-state index contributed by atoms with van der Waals surface area (Å²) >= 11 is 0. The van der Waals surface area contributed by atoms with Crippen molar-refractivity contribution in [1.82, 2.24) is 9.88 Å². The Balaban J connectivity index is 1.87. The van der Waals surface area contributed by atoms with Gasteiger partial charge in [0.1, 0.15) is 11.5 Å². The number of hydrogen-bond acceptors (Lipinski definition) is 5. The molecule has 2 heterocycles. The van der Waals surface area contributed by atoms with Crippen molar-refractivity contribution in [3.05, 3.63) is 100 Å². The van der Waals surface area contributed by atoms with Gasteiger partial charge in [0.25, 0.3) is 11.7 Å². The number of nitrogens with zero attached hydrogens (tertiary/aromatic N) is 2. The van der Waals surface area contributed by atoms with E-state index in [9.17, 15) is 14.7 Å². The summed E-state index contributed by atoms with van der Waals surface area (Å²) in [7, 11) is 1.60. The minimum Gasteiger partial charge on any atom is -0.507 e. The molecule has 1 saturated heterocycles. The summed E-state index contributed by atoms with van der Waals surface area (Å²) in [5.74, 6) is -0.371. The lowest BCUT2D eigenvalue weighted by Gasteiger charge is -2.25. The molecule has 1 unspecified atom stereocenters. The highest BCUT2D eigenvalue weighted by molar-refractivity contribution is 6.46. The molecule has 1 amide bonds. The standard InChI is InChI=1S/C30H32N2O4/c1-18(2)20-9-11-21(12-10-20)27-26(28(33)22-13-14-25(36-5)24(16-22)19(3)4)29(34)30(35)32(27)17-23-8-6-7-15-31-23/h6-16,18-19,27,33H,17H2,1-5H3/b28-26-. The number of ether oxygens (including phenoxy) is 1. The molecule has 6 heteroatoms. The second-order valence-corrected chi connectivity index (χ2v) is 9.68. The summed E-state index contributed by atoms with van der Waals surface area (Å²) < 4.78 is 5.48. The molecule has 186 valence electrons. The van der Waals surface area contributed by atoms with Gasteiger partial charge in [-0.2, -0.15) is 0 Å². The van der Waals surface area contributed by atoms with Gasteiger partial charge in [0.2, 0.25) is 0 Å². The summed E-state index contributed by atoms with van der Waals surface area (Å²) in [4.78, 5) is 32.5. The van der Waals surface area contributed by atoms with E-state index in [0.717, 1.165) is 16.7 Å². The average molecular weight is 485 g/mol. The van der Waals surface area contributed by atoms with Crippen molar-refractivity contribution in [1.29, 1.82) is 0 Å². The van der Waals surface area contributed by atoms with Crippen LogP contribution in [0.5, 0.6) is 5.75 Å². The Morgan fingerprint density at radius 1 is 1.00 bits per heavy atom. The van der Waals surface area contributed by atoms with Crippen LogP contribution in [0, 0.1) is 0 Å². The summed E-state index contributed by atoms with van der Waals surface area (Å²) in [6.45, 7) is 8.43. The van der Waals surface area contributed by atoms with Crippen molar-refractivity contribution in [2.24, 2.45) is 0 Å². The molecule has 1 aromatic heterocycles. The lowest BCUT2D eigenvalue weighted by atomic mass is 9.92. The van der Waals surface area contributed by atoms with Gasteiger partial charge in [-0.15, -0.1) is 0 Å². The van der Waals surface area contributed by atoms with Crippen molar-refractivity contribution in [3.63, 3.8) is 0 Å². The largest absolute Gasteiger partial charge is 0.507 e.